The number of azide groups is 1. The maximum Gasteiger partial charge on any atom is 0.303 e. The summed E-state index contributed by atoms with van der Waals surface area (Å²) in [5.74, 6) is -0.731. The van der Waals surface area contributed by atoms with Crippen molar-refractivity contribution < 1.29 is 36.7 Å². The van der Waals surface area contributed by atoms with Crippen LogP contribution < -0.4 is 0 Å². The molecule has 1 aromatic rings. The first-order chi connectivity index (χ1) is 13.2. The molecule has 0 spiro atoms. The summed E-state index contributed by atoms with van der Waals surface area (Å²) < 4.78 is 45.2. The lowest BCUT2D eigenvalue weighted by Gasteiger charge is -2.41. The van der Waals surface area contributed by atoms with Crippen LogP contribution in [0.1, 0.15) is 12.5 Å². The van der Waals surface area contributed by atoms with Gasteiger partial charge in [-0.3, -0.25) is 8.98 Å². The van der Waals surface area contributed by atoms with E-state index in [9.17, 15) is 18.3 Å². The zero-order valence-electron chi connectivity index (χ0n) is 15.5. The normalized spacial score (nSPS) is 27.6. The maximum atomic E-state index is 12.3. The summed E-state index contributed by atoms with van der Waals surface area (Å²) in [5, 5.41) is 13.9. The van der Waals surface area contributed by atoms with Crippen molar-refractivity contribution in [3.63, 3.8) is 0 Å². The summed E-state index contributed by atoms with van der Waals surface area (Å²) in [6, 6.07) is 4.84. The van der Waals surface area contributed by atoms with Crippen LogP contribution in [-0.4, -0.2) is 63.9 Å². The second-order valence-electron chi connectivity index (χ2n) is 6.09. The van der Waals surface area contributed by atoms with Crippen LogP contribution in [0.2, 0.25) is 0 Å². The van der Waals surface area contributed by atoms with Gasteiger partial charge in [-0.25, -0.2) is 0 Å². The number of aryl methyl sites for hydroxylation is 1. The van der Waals surface area contributed by atoms with Gasteiger partial charge in [0.15, 0.2) is 6.29 Å². The van der Waals surface area contributed by atoms with E-state index >= 15 is 0 Å². The number of methoxy groups -OCH3 is 1. The van der Waals surface area contributed by atoms with Gasteiger partial charge in [0.1, 0.15) is 24.4 Å². The number of ether oxygens (including phenoxy) is 3. The van der Waals surface area contributed by atoms with Gasteiger partial charge in [0, 0.05) is 18.9 Å². The summed E-state index contributed by atoms with van der Waals surface area (Å²) in [7, 11) is -2.85. The summed E-state index contributed by atoms with van der Waals surface area (Å²) in [4.78, 5) is 13.9. The Bertz CT molecular complexity index is 838. The third kappa shape index (κ3) is 5.19. The van der Waals surface area contributed by atoms with E-state index in [2.05, 4.69) is 10.0 Å². The molecule has 0 aromatic heterocycles. The summed E-state index contributed by atoms with van der Waals surface area (Å²) >= 11 is 0. The minimum Gasteiger partial charge on any atom is -0.459 e. The molecule has 0 aliphatic carbocycles. The van der Waals surface area contributed by atoms with Crippen LogP contribution in [0, 0.1) is 6.92 Å². The second-order valence-corrected chi connectivity index (χ2v) is 7.71. The van der Waals surface area contributed by atoms with Gasteiger partial charge in [0.2, 0.25) is 0 Å². The lowest BCUT2D eigenvalue weighted by Crippen LogP contribution is -2.59. The predicted octanol–water partition coefficient (Wildman–Crippen LogP) is 1.04. The van der Waals surface area contributed by atoms with Crippen molar-refractivity contribution >= 4 is 16.1 Å². The molecule has 2 rings (SSSR count). The topological polar surface area (TPSA) is 157 Å². The second kappa shape index (κ2) is 9.32. The number of hydrogen-bond acceptors (Lipinski definition) is 9. The molecular formula is C16H21N3O8S. The van der Waals surface area contributed by atoms with E-state index in [0.29, 0.717) is 0 Å². The number of carbonyl (C=O) groups excluding carboxylic acids is 1. The highest BCUT2D eigenvalue weighted by molar-refractivity contribution is 7.86. The molecule has 1 heterocycles. The van der Waals surface area contributed by atoms with Crippen LogP contribution in [0.15, 0.2) is 34.3 Å². The van der Waals surface area contributed by atoms with E-state index in [0.717, 1.165) is 12.5 Å². The number of hydrogen-bond donors (Lipinski definition) is 1. The quantitative estimate of drug-likeness (QED) is 0.227. The van der Waals surface area contributed by atoms with Crippen LogP contribution in [0.25, 0.3) is 10.4 Å². The van der Waals surface area contributed by atoms with Gasteiger partial charge in [-0.05, 0) is 24.6 Å². The van der Waals surface area contributed by atoms with E-state index in [-0.39, 0.29) is 4.90 Å². The molecule has 1 aromatic carbocycles. The molecule has 0 bridgehead atoms. The Labute approximate surface area is 161 Å². The van der Waals surface area contributed by atoms with Gasteiger partial charge in [0.25, 0.3) is 10.1 Å². The molecule has 0 radical (unpaired) electrons. The van der Waals surface area contributed by atoms with E-state index < -0.39 is 53.3 Å². The first-order valence-electron chi connectivity index (χ1n) is 8.23. The van der Waals surface area contributed by atoms with Crippen LogP contribution >= 0.6 is 0 Å². The average Bonchev–Trinajstić information content (AvgIpc) is 2.64. The van der Waals surface area contributed by atoms with Gasteiger partial charge >= 0.3 is 5.97 Å². The zero-order valence-corrected chi connectivity index (χ0v) is 16.3. The number of nitrogens with zero attached hydrogens (tertiary/aromatic N) is 3. The minimum atomic E-state index is -4.11. The fourth-order valence-electron chi connectivity index (χ4n) is 2.68. The molecule has 1 fully saturated rings. The van der Waals surface area contributed by atoms with Gasteiger partial charge in [-0.2, -0.15) is 8.42 Å². The highest BCUT2D eigenvalue weighted by Gasteiger charge is 2.47. The summed E-state index contributed by atoms with van der Waals surface area (Å²) in [5.41, 5.74) is 9.59. The Kier molecular flexibility index (Phi) is 7.35. The van der Waals surface area contributed by atoms with Crippen molar-refractivity contribution in [2.24, 2.45) is 5.11 Å². The molecule has 0 amide bonds. The number of aliphatic hydroxyl groups is 1. The predicted molar refractivity (Wildman–Crippen MR) is 94.5 cm³/mol. The maximum absolute atomic E-state index is 12.3. The Morgan fingerprint density at radius 1 is 1.36 bits per heavy atom. The van der Waals surface area contributed by atoms with Crippen molar-refractivity contribution in [1.29, 1.82) is 0 Å². The molecule has 154 valence electrons. The number of benzene rings is 1. The summed E-state index contributed by atoms with van der Waals surface area (Å²) in [6.45, 7) is 2.35. The van der Waals surface area contributed by atoms with E-state index in [1.165, 1.54) is 19.2 Å². The molecule has 28 heavy (non-hydrogen) atoms. The molecule has 1 N–H and O–H groups in total. The molecule has 12 heteroatoms. The number of esters is 1. The van der Waals surface area contributed by atoms with Crippen molar-refractivity contribution in [3.8, 4) is 0 Å². The molecule has 0 unspecified atom stereocenters. The number of rotatable bonds is 7. The zero-order chi connectivity index (χ0) is 20.9. The van der Waals surface area contributed by atoms with E-state index in [1.54, 1.807) is 12.1 Å². The Hall–Kier alpha value is -2.21. The highest BCUT2D eigenvalue weighted by atomic mass is 32.2. The molecular weight excluding hydrogens is 394 g/mol. The van der Waals surface area contributed by atoms with Gasteiger partial charge in [-0.15, -0.1) is 0 Å². The number of aliphatic hydroxyl groups excluding tert-OH is 1. The van der Waals surface area contributed by atoms with Crippen LogP contribution in [0.3, 0.4) is 0 Å². The number of carbonyl (C=O) groups is 1. The van der Waals surface area contributed by atoms with Gasteiger partial charge in [0.05, 0.1) is 11.5 Å². The lowest BCUT2D eigenvalue weighted by molar-refractivity contribution is -0.260. The lowest BCUT2D eigenvalue weighted by atomic mass is 9.97. The standard InChI is InChI=1S/C16H21N3O8S/c1-9-4-6-11(7-5-9)28(22,23)25-8-12-14(21)15(26-10(2)20)13(18-19-17)16(24-3)27-12/h4-7,12-16,21H,8H2,1-3H3/t12-,13+,14-,15+,16+/m1/s1. The molecule has 11 nitrogen and oxygen atoms in total. The minimum absolute atomic E-state index is 0.0600. The monoisotopic (exact) mass is 415 g/mol. The third-order valence-corrected chi connectivity index (χ3v) is 5.35. The van der Waals surface area contributed by atoms with Gasteiger partial charge in [-0.1, -0.05) is 22.8 Å². The average molecular weight is 415 g/mol. The summed E-state index contributed by atoms with van der Waals surface area (Å²) in [6.07, 6.45) is -5.22. The Morgan fingerprint density at radius 2 is 2.00 bits per heavy atom. The molecule has 0 saturated carbocycles. The largest absolute Gasteiger partial charge is 0.459 e. The van der Waals surface area contributed by atoms with Crippen molar-refractivity contribution in [2.75, 3.05) is 13.7 Å². The van der Waals surface area contributed by atoms with E-state index in [4.69, 9.17) is 23.9 Å². The molecule has 1 saturated heterocycles. The third-order valence-electron chi connectivity index (χ3n) is 4.06. The van der Waals surface area contributed by atoms with Crippen LogP contribution in [-0.2, 0) is 33.3 Å². The molecule has 1 aliphatic heterocycles. The Balaban J connectivity index is 2.19. The molecule has 5 atom stereocenters. The van der Waals surface area contributed by atoms with Crippen molar-refractivity contribution in [2.45, 2.75) is 49.4 Å². The Morgan fingerprint density at radius 3 is 2.54 bits per heavy atom. The highest BCUT2D eigenvalue weighted by Crippen LogP contribution is 2.28. The molecule has 1 aliphatic rings. The van der Waals surface area contributed by atoms with Crippen LogP contribution in [0.5, 0.6) is 0 Å². The van der Waals surface area contributed by atoms with Crippen LogP contribution in [0.4, 0.5) is 0 Å². The van der Waals surface area contributed by atoms with E-state index in [1.807, 2.05) is 6.92 Å². The van der Waals surface area contributed by atoms with Crippen molar-refractivity contribution in [1.82, 2.24) is 0 Å². The smallest absolute Gasteiger partial charge is 0.303 e. The fourth-order valence-corrected chi connectivity index (χ4v) is 3.59. The van der Waals surface area contributed by atoms with Gasteiger partial charge < -0.3 is 19.3 Å². The van der Waals surface area contributed by atoms with Crippen molar-refractivity contribution in [3.05, 3.63) is 40.3 Å². The SMILES string of the molecule is CO[C@H]1O[C@H](COS(=O)(=O)c2ccc(C)cc2)[C@@H](O)[C@@H](OC(C)=O)[C@@H]1N=[N+]=[N-]. The first-order valence-corrected chi connectivity index (χ1v) is 9.64. The fraction of sp³-hybridized carbons (Fsp3) is 0.562. The first kappa shape index (κ1) is 22.1.